The monoisotopic (exact) mass is 320 g/mol. The van der Waals surface area contributed by atoms with Gasteiger partial charge in [-0.15, -0.1) is 0 Å². The summed E-state index contributed by atoms with van der Waals surface area (Å²) in [5.74, 6) is -0.262. The van der Waals surface area contributed by atoms with Gasteiger partial charge < -0.3 is 4.90 Å². The van der Waals surface area contributed by atoms with Gasteiger partial charge in [-0.3, -0.25) is 10.1 Å². The van der Waals surface area contributed by atoms with E-state index in [0.717, 1.165) is 27.6 Å². The molecule has 24 heavy (non-hydrogen) atoms. The van der Waals surface area contributed by atoms with E-state index in [0.29, 0.717) is 0 Å². The predicted octanol–water partition coefficient (Wildman–Crippen LogP) is 4.31. The third-order valence-electron chi connectivity index (χ3n) is 4.34. The van der Waals surface area contributed by atoms with Gasteiger partial charge in [0.25, 0.3) is 0 Å². The quantitative estimate of drug-likeness (QED) is 0.520. The average Bonchev–Trinajstić information content (AvgIpc) is 2.59. The van der Waals surface area contributed by atoms with Gasteiger partial charge in [0.05, 0.1) is 5.92 Å². The Morgan fingerprint density at radius 2 is 1.62 bits per heavy atom. The second kappa shape index (κ2) is 6.71. The van der Waals surface area contributed by atoms with E-state index in [2.05, 4.69) is 0 Å². The molecule has 0 aromatic heterocycles. The van der Waals surface area contributed by atoms with E-state index < -0.39 is 0 Å². The molecule has 4 nitrogen and oxygen atoms in total. The topological polar surface area (TPSA) is 46.4 Å². The van der Waals surface area contributed by atoms with Crippen molar-refractivity contribution in [3.05, 3.63) is 88.0 Å². The lowest BCUT2D eigenvalue weighted by Gasteiger charge is -2.18. The van der Waals surface area contributed by atoms with Crippen LogP contribution in [0.5, 0.6) is 0 Å². The Kier molecular flexibility index (Phi) is 4.47. The molecule has 0 amide bonds. The summed E-state index contributed by atoms with van der Waals surface area (Å²) >= 11 is 0. The molecule has 0 saturated carbocycles. The number of benzene rings is 3. The zero-order valence-corrected chi connectivity index (χ0v) is 13.8. The number of nitrogens with zero attached hydrogens (tertiary/aromatic N) is 2. The number of nitro groups is 1. The molecule has 0 heterocycles. The average molecular weight is 320 g/mol. The van der Waals surface area contributed by atoms with Gasteiger partial charge in [-0.1, -0.05) is 54.6 Å². The van der Waals surface area contributed by atoms with E-state index in [9.17, 15) is 10.1 Å². The summed E-state index contributed by atoms with van der Waals surface area (Å²) in [5, 5.41) is 13.4. The van der Waals surface area contributed by atoms with Crippen LogP contribution in [0, 0.1) is 10.1 Å². The molecular formula is C20H20N2O2. The van der Waals surface area contributed by atoms with Crippen molar-refractivity contribution >= 4 is 16.5 Å². The van der Waals surface area contributed by atoms with Crippen LogP contribution >= 0.6 is 0 Å². The van der Waals surface area contributed by atoms with Gasteiger partial charge in [-0.05, 0) is 34.0 Å². The normalized spacial score (nSPS) is 12.1. The van der Waals surface area contributed by atoms with Crippen LogP contribution in [-0.4, -0.2) is 25.6 Å². The summed E-state index contributed by atoms with van der Waals surface area (Å²) in [5.41, 5.74) is 3.05. The van der Waals surface area contributed by atoms with E-state index in [1.54, 1.807) is 0 Å². The van der Waals surface area contributed by atoms with Gasteiger partial charge in [-0.2, -0.15) is 0 Å². The Bertz CT molecular complexity index is 852. The molecule has 1 atom stereocenters. The van der Waals surface area contributed by atoms with Crippen LogP contribution in [0.15, 0.2) is 66.7 Å². The summed E-state index contributed by atoms with van der Waals surface area (Å²) in [6, 6.07) is 22.0. The highest BCUT2D eigenvalue weighted by molar-refractivity contribution is 5.86. The van der Waals surface area contributed by atoms with Gasteiger partial charge in [0, 0.05) is 24.7 Å². The fourth-order valence-electron chi connectivity index (χ4n) is 3.09. The Balaban J connectivity index is 2.10. The number of anilines is 1. The number of rotatable bonds is 5. The summed E-state index contributed by atoms with van der Waals surface area (Å²) < 4.78 is 0. The molecule has 1 unspecified atom stereocenters. The van der Waals surface area contributed by atoms with Crippen molar-refractivity contribution in [2.24, 2.45) is 0 Å². The van der Waals surface area contributed by atoms with Crippen molar-refractivity contribution in [3.63, 3.8) is 0 Å². The predicted molar refractivity (Wildman–Crippen MR) is 98.4 cm³/mol. The van der Waals surface area contributed by atoms with Crippen molar-refractivity contribution in [3.8, 4) is 0 Å². The first-order valence-electron chi connectivity index (χ1n) is 7.93. The summed E-state index contributed by atoms with van der Waals surface area (Å²) in [4.78, 5) is 13.1. The molecule has 4 heteroatoms. The molecule has 0 N–H and O–H groups in total. The molecular weight excluding hydrogens is 300 g/mol. The maximum Gasteiger partial charge on any atom is 0.214 e. The second-order valence-electron chi connectivity index (χ2n) is 6.12. The Morgan fingerprint density at radius 3 is 2.29 bits per heavy atom. The van der Waals surface area contributed by atoms with Gasteiger partial charge in [-0.25, -0.2) is 0 Å². The fraction of sp³-hybridized carbons (Fsp3) is 0.200. The van der Waals surface area contributed by atoms with Gasteiger partial charge in [0.15, 0.2) is 0 Å². The SMILES string of the molecule is CN(C)c1ccc(C(C[N+](=O)[O-])c2cccc3ccccc23)cc1. The van der Waals surface area contributed by atoms with E-state index in [4.69, 9.17) is 0 Å². The van der Waals surface area contributed by atoms with Gasteiger partial charge in [0.1, 0.15) is 0 Å². The third-order valence-corrected chi connectivity index (χ3v) is 4.34. The molecule has 0 saturated heterocycles. The lowest BCUT2D eigenvalue weighted by atomic mass is 9.88. The molecule has 3 aromatic rings. The van der Waals surface area contributed by atoms with E-state index in [1.807, 2.05) is 85.7 Å². The van der Waals surface area contributed by atoms with E-state index >= 15 is 0 Å². The van der Waals surface area contributed by atoms with Crippen molar-refractivity contribution < 1.29 is 4.92 Å². The van der Waals surface area contributed by atoms with Crippen LogP contribution in [0.3, 0.4) is 0 Å². The Labute approximate surface area is 141 Å². The minimum atomic E-state index is -0.262. The van der Waals surface area contributed by atoms with Crippen LogP contribution in [0.4, 0.5) is 5.69 Å². The molecule has 0 spiro atoms. The highest BCUT2D eigenvalue weighted by atomic mass is 16.6. The molecule has 0 fully saturated rings. The first-order chi connectivity index (χ1) is 11.6. The lowest BCUT2D eigenvalue weighted by Crippen LogP contribution is -2.15. The Morgan fingerprint density at radius 1 is 0.958 bits per heavy atom. The van der Waals surface area contributed by atoms with Crippen LogP contribution in [0.1, 0.15) is 17.0 Å². The molecule has 3 aromatic carbocycles. The van der Waals surface area contributed by atoms with E-state index in [-0.39, 0.29) is 17.4 Å². The maximum absolute atomic E-state index is 11.3. The number of hydrogen-bond acceptors (Lipinski definition) is 3. The summed E-state index contributed by atoms with van der Waals surface area (Å²) in [6.07, 6.45) is 0. The molecule has 0 bridgehead atoms. The van der Waals surface area contributed by atoms with Crippen molar-refractivity contribution in [2.45, 2.75) is 5.92 Å². The lowest BCUT2D eigenvalue weighted by molar-refractivity contribution is -0.481. The second-order valence-corrected chi connectivity index (χ2v) is 6.12. The fourth-order valence-corrected chi connectivity index (χ4v) is 3.09. The molecule has 0 aliphatic rings. The van der Waals surface area contributed by atoms with Crippen LogP contribution in [0.2, 0.25) is 0 Å². The van der Waals surface area contributed by atoms with Crippen molar-refractivity contribution in [2.75, 3.05) is 25.5 Å². The smallest absolute Gasteiger partial charge is 0.214 e. The highest BCUT2D eigenvalue weighted by Gasteiger charge is 2.22. The minimum absolute atomic E-state index is 0.116. The van der Waals surface area contributed by atoms with Crippen molar-refractivity contribution in [1.82, 2.24) is 0 Å². The zero-order valence-electron chi connectivity index (χ0n) is 13.8. The first-order valence-corrected chi connectivity index (χ1v) is 7.93. The van der Waals surface area contributed by atoms with Crippen LogP contribution in [-0.2, 0) is 0 Å². The van der Waals surface area contributed by atoms with Crippen molar-refractivity contribution in [1.29, 1.82) is 0 Å². The molecule has 0 aliphatic carbocycles. The third kappa shape index (κ3) is 3.23. The summed E-state index contributed by atoms with van der Waals surface area (Å²) in [7, 11) is 3.96. The Hall–Kier alpha value is -2.88. The zero-order chi connectivity index (χ0) is 17.1. The van der Waals surface area contributed by atoms with Crippen LogP contribution in [0.25, 0.3) is 10.8 Å². The standard InChI is InChI=1S/C20H20N2O2/c1-21(2)17-12-10-16(11-13-17)20(14-22(23)24)19-9-5-7-15-6-3-4-8-18(15)19/h3-13,20H,14H2,1-2H3. The minimum Gasteiger partial charge on any atom is -0.378 e. The molecule has 3 rings (SSSR count). The first kappa shape index (κ1) is 16.0. The number of fused-ring (bicyclic) bond motifs is 1. The number of hydrogen-bond donors (Lipinski definition) is 0. The summed E-state index contributed by atoms with van der Waals surface area (Å²) in [6.45, 7) is -0.116. The molecule has 0 radical (unpaired) electrons. The molecule has 0 aliphatic heterocycles. The van der Waals surface area contributed by atoms with Gasteiger partial charge in [0.2, 0.25) is 6.54 Å². The molecule has 122 valence electrons. The largest absolute Gasteiger partial charge is 0.378 e. The van der Waals surface area contributed by atoms with Crippen LogP contribution < -0.4 is 4.90 Å². The maximum atomic E-state index is 11.3. The highest BCUT2D eigenvalue weighted by Crippen LogP contribution is 2.31. The van der Waals surface area contributed by atoms with E-state index in [1.165, 1.54) is 0 Å². The van der Waals surface area contributed by atoms with Gasteiger partial charge >= 0.3 is 0 Å².